The van der Waals surface area contributed by atoms with Crippen LogP contribution in [0.25, 0.3) is 42.4 Å². The number of benzene rings is 3. The number of thiazole rings is 1. The van der Waals surface area contributed by atoms with Crippen molar-refractivity contribution in [2.24, 2.45) is 0 Å². The molecule has 55 heavy (non-hydrogen) atoms. The largest absolute Gasteiger partial charge is 0.335 e. The molecule has 15 heteroatoms. The maximum atomic E-state index is 11.7. The molecule has 0 saturated carbocycles. The molecule has 2 N–H and O–H groups in total. The normalized spacial score (nSPS) is 17.9. The molecule has 1 atom stereocenters. The van der Waals surface area contributed by atoms with Crippen molar-refractivity contribution in [3.63, 3.8) is 0 Å². The summed E-state index contributed by atoms with van der Waals surface area (Å²) in [6, 6.07) is 21.3. The average Bonchev–Trinajstić information content (AvgIpc) is 3.93. The Kier molecular flexibility index (Phi) is 11.2. The number of fused-ring (bicyclic) bond motifs is 3. The third-order valence-corrected chi connectivity index (χ3v) is 17.7. The van der Waals surface area contributed by atoms with Gasteiger partial charge < -0.3 is 4.90 Å². The molecule has 0 bridgehead atoms. The number of aryl methyl sites for hydroxylation is 1. The van der Waals surface area contributed by atoms with Gasteiger partial charge in [-0.25, -0.2) is 0 Å². The summed E-state index contributed by atoms with van der Waals surface area (Å²) in [6.45, 7) is 2.90. The van der Waals surface area contributed by atoms with Crippen LogP contribution in [-0.2, 0) is 26.8 Å². The lowest BCUT2D eigenvalue weighted by Gasteiger charge is -2.21. The van der Waals surface area contributed by atoms with Crippen molar-refractivity contribution in [3.8, 4) is 11.1 Å². The Morgan fingerprint density at radius 1 is 0.927 bits per heavy atom. The highest BCUT2D eigenvalue weighted by molar-refractivity contribution is 8.43. The van der Waals surface area contributed by atoms with Crippen molar-refractivity contribution in [2.45, 2.75) is 37.6 Å². The third-order valence-electron chi connectivity index (χ3n) is 9.42. The maximum Gasteiger partial charge on any atom is 0.265 e. The van der Waals surface area contributed by atoms with Crippen molar-refractivity contribution in [1.29, 1.82) is 0 Å². The number of anilines is 1. The Morgan fingerprint density at radius 3 is 2.55 bits per heavy atom. The molecule has 0 radical (unpaired) electrons. The number of allylic oxidation sites excluding steroid dienone is 4. The van der Waals surface area contributed by atoms with Gasteiger partial charge in [0.2, 0.25) is 5.52 Å². The first-order valence-electron chi connectivity index (χ1n) is 17.6. The zero-order valence-electron chi connectivity index (χ0n) is 29.6. The van der Waals surface area contributed by atoms with E-state index in [1.54, 1.807) is 46.2 Å². The first-order chi connectivity index (χ1) is 26.4. The molecule has 284 valence electrons. The molecule has 0 amide bonds. The van der Waals surface area contributed by atoms with Crippen molar-refractivity contribution >= 4 is 118 Å². The van der Waals surface area contributed by atoms with Gasteiger partial charge in [0.1, 0.15) is 4.70 Å². The maximum absolute atomic E-state index is 11.7. The van der Waals surface area contributed by atoms with Crippen LogP contribution in [-0.4, -0.2) is 48.2 Å². The van der Waals surface area contributed by atoms with E-state index in [4.69, 9.17) is 0 Å². The second-order valence-electron chi connectivity index (χ2n) is 13.1. The van der Waals surface area contributed by atoms with Crippen molar-refractivity contribution < 1.29 is 30.5 Å². The van der Waals surface area contributed by atoms with E-state index in [2.05, 4.69) is 111 Å². The van der Waals surface area contributed by atoms with Gasteiger partial charge in [0.15, 0.2) is 6.54 Å². The minimum Gasteiger partial charge on any atom is -0.335 e. The van der Waals surface area contributed by atoms with E-state index in [0.29, 0.717) is 19.5 Å². The van der Waals surface area contributed by atoms with Crippen LogP contribution in [0.5, 0.6) is 0 Å². The highest BCUT2D eigenvalue weighted by atomic mass is 32.2. The number of nitrogens with zero attached hydrogens (tertiary/aromatic N) is 2. The Labute approximate surface area is 340 Å². The van der Waals surface area contributed by atoms with Crippen molar-refractivity contribution in [1.82, 2.24) is 0 Å². The van der Waals surface area contributed by atoms with E-state index in [0.717, 1.165) is 53.1 Å². The Balaban J connectivity index is 1.17. The van der Waals surface area contributed by atoms with E-state index >= 15 is 0 Å². The zero-order valence-corrected chi connectivity index (χ0v) is 35.3. The molecule has 2 aromatic heterocycles. The predicted octanol–water partition coefficient (Wildman–Crippen LogP) is 10.4. The fourth-order valence-corrected chi connectivity index (χ4v) is 14.5. The molecule has 3 aliphatic heterocycles. The summed E-state index contributed by atoms with van der Waals surface area (Å²) in [5.41, 5.74) is 6.41. The molecule has 0 saturated heterocycles. The molecule has 8 rings (SSSR count). The second-order valence-corrected chi connectivity index (χ2v) is 22.3. The number of hydrogen-bond donors (Lipinski definition) is 2. The van der Waals surface area contributed by atoms with Crippen molar-refractivity contribution in [3.05, 3.63) is 122 Å². The van der Waals surface area contributed by atoms with Crippen LogP contribution in [0.3, 0.4) is 0 Å². The van der Waals surface area contributed by atoms with Crippen LogP contribution in [0.4, 0.5) is 5.69 Å². The number of thiophene rings is 1. The minimum absolute atomic E-state index is 0.111. The van der Waals surface area contributed by atoms with Crippen LogP contribution in [0.15, 0.2) is 117 Å². The fraction of sp³-hybridized carbons (Fsp3) is 0.200. The Hall–Kier alpha value is -3.25. The van der Waals surface area contributed by atoms with Gasteiger partial charge >= 0.3 is 0 Å². The van der Waals surface area contributed by atoms with Gasteiger partial charge in [0, 0.05) is 54.8 Å². The van der Waals surface area contributed by atoms with E-state index in [-0.39, 0.29) is 34.8 Å². The van der Waals surface area contributed by atoms with Gasteiger partial charge in [-0.05, 0) is 82.2 Å². The quantitative estimate of drug-likeness (QED) is 0.0678. The average molecular weight is 866 g/mol. The highest BCUT2D eigenvalue weighted by Gasteiger charge is 2.28. The standard InChI is InChI=1S/C40H36N2O6S7/c1-2-27(21-38-41(16-7-19-54(43,44)45)32-23-28(12-14-35(32)51-38)31-25-49-34-10-4-3-9-30(31)34)22-39-42(17-8-20-55(46,47)48)33-24-29(13-15-36(33)52-39)37-26-50-40-11-5-6-18-53(37)40/h3-6,9-15,18,21-26H,2,7-8,16-17,19-20H2,1H3,(H-,43,44,45,46,47,48)/p+1. The van der Waals surface area contributed by atoms with Crippen LogP contribution in [0.1, 0.15) is 36.8 Å². The molecule has 0 spiro atoms. The van der Waals surface area contributed by atoms with E-state index in [9.17, 15) is 25.9 Å². The summed E-state index contributed by atoms with van der Waals surface area (Å²) in [5.74, 6) is -0.666. The lowest BCUT2D eigenvalue weighted by molar-refractivity contribution is -0.668. The SMILES string of the molecule is CCC(/C=C1\Sc2ccc(C3=CSC4=S3C=CC=C4)cc2N1CCCS(=O)(=O)O)=C\c1sc2ccc(-c3csc4ccccc34)cc2[n+]1CCCS(=O)(=O)O. The van der Waals surface area contributed by atoms with E-state index in [1.165, 1.54) is 19.2 Å². The molecule has 1 unspecified atom stereocenters. The van der Waals surface area contributed by atoms with Gasteiger partial charge in [0.25, 0.3) is 25.2 Å². The van der Waals surface area contributed by atoms with Gasteiger partial charge in [-0.3, -0.25) is 9.11 Å². The minimum atomic E-state index is -4.13. The van der Waals surface area contributed by atoms with Gasteiger partial charge in [-0.15, -0.1) is 21.8 Å². The highest BCUT2D eigenvalue weighted by Crippen LogP contribution is 2.52. The molecule has 5 aromatic rings. The third kappa shape index (κ3) is 8.55. The van der Waals surface area contributed by atoms with Gasteiger partial charge in [0.05, 0.1) is 22.2 Å². The topological polar surface area (TPSA) is 116 Å². The number of aromatic nitrogens is 1. The summed E-state index contributed by atoms with van der Waals surface area (Å²) in [6.07, 6.45) is 11.8. The Bertz CT molecular complexity index is 2770. The molecule has 5 heterocycles. The summed E-state index contributed by atoms with van der Waals surface area (Å²) in [5, 5.41) is 9.75. The van der Waals surface area contributed by atoms with E-state index < -0.39 is 20.2 Å². The lowest BCUT2D eigenvalue weighted by atomic mass is 10.0. The van der Waals surface area contributed by atoms with E-state index in [1.807, 2.05) is 12.1 Å². The molecule has 8 nitrogen and oxygen atoms in total. The van der Waals surface area contributed by atoms with Crippen LogP contribution in [0, 0.1) is 0 Å². The summed E-state index contributed by atoms with van der Waals surface area (Å²) >= 11 is 6.74. The molecule has 0 fully saturated rings. The van der Waals surface area contributed by atoms with Crippen LogP contribution >= 0.6 is 56.7 Å². The summed E-state index contributed by atoms with van der Waals surface area (Å²) < 4.78 is 71.8. The molecule has 3 aliphatic rings. The predicted molar refractivity (Wildman–Crippen MR) is 237 cm³/mol. The van der Waals surface area contributed by atoms with Crippen LogP contribution < -0.4 is 9.47 Å². The Morgan fingerprint density at radius 2 is 1.73 bits per heavy atom. The molecule has 3 aromatic carbocycles. The molecule has 0 aliphatic carbocycles. The van der Waals surface area contributed by atoms with Gasteiger partial charge in [-0.1, -0.05) is 84.3 Å². The van der Waals surface area contributed by atoms with Gasteiger partial charge in [-0.2, -0.15) is 21.4 Å². The fourth-order valence-electron chi connectivity index (χ4n) is 6.80. The molecular formula is C40H37N2O6S7+. The first-order valence-corrected chi connectivity index (χ1v) is 25.5. The summed E-state index contributed by atoms with van der Waals surface area (Å²) in [7, 11) is -8.36. The number of hydrogen-bond acceptors (Lipinski definition) is 9. The number of rotatable bonds is 13. The first kappa shape index (κ1) is 38.6. The monoisotopic (exact) mass is 865 g/mol. The van der Waals surface area contributed by atoms with Crippen molar-refractivity contribution in [2.75, 3.05) is 23.0 Å². The number of thioether (sulfide) groups is 2. The lowest BCUT2D eigenvalue weighted by Crippen LogP contribution is -2.36. The molecular weight excluding hydrogens is 829 g/mol. The second kappa shape index (κ2) is 15.9. The smallest absolute Gasteiger partial charge is 0.265 e. The zero-order chi connectivity index (χ0) is 38.3. The summed E-state index contributed by atoms with van der Waals surface area (Å²) in [4.78, 5) is 4.50. The van der Waals surface area contributed by atoms with Crippen LogP contribution in [0.2, 0.25) is 0 Å².